The van der Waals surface area contributed by atoms with Crippen molar-refractivity contribution in [3.05, 3.63) is 48.0 Å². The molecule has 0 saturated carbocycles. The van der Waals surface area contributed by atoms with Crippen molar-refractivity contribution in [2.75, 3.05) is 0 Å². The Labute approximate surface area is 117 Å². The second kappa shape index (κ2) is 4.63. The summed E-state index contributed by atoms with van der Waals surface area (Å²) in [7, 11) is 0. The summed E-state index contributed by atoms with van der Waals surface area (Å²) in [5.41, 5.74) is 1.00. The molecule has 1 fully saturated rings. The quantitative estimate of drug-likeness (QED) is 0.861. The molecule has 0 spiro atoms. The Morgan fingerprint density at radius 2 is 1.85 bits per heavy atom. The van der Waals surface area contributed by atoms with Gasteiger partial charge in [0.25, 0.3) is 0 Å². The zero-order chi connectivity index (χ0) is 14.3. The van der Waals surface area contributed by atoms with E-state index in [1.807, 2.05) is 56.3 Å². The van der Waals surface area contributed by atoms with Gasteiger partial charge in [0.1, 0.15) is 11.9 Å². The van der Waals surface area contributed by atoms with Crippen molar-refractivity contribution >= 4 is 22.6 Å². The van der Waals surface area contributed by atoms with Gasteiger partial charge in [-0.05, 0) is 30.2 Å². The summed E-state index contributed by atoms with van der Waals surface area (Å²) in [6.07, 6.45) is 0. The van der Waals surface area contributed by atoms with Crippen molar-refractivity contribution in [3.63, 3.8) is 0 Å². The van der Waals surface area contributed by atoms with Crippen LogP contribution in [0.2, 0.25) is 0 Å². The number of nitrogens with one attached hydrogen (secondary N) is 2. The molecule has 1 heterocycles. The smallest absolute Gasteiger partial charge is 0.308 e. The molecule has 1 saturated heterocycles. The van der Waals surface area contributed by atoms with E-state index in [9.17, 15) is 4.79 Å². The van der Waals surface area contributed by atoms with Gasteiger partial charge in [0.2, 0.25) is 0 Å². The zero-order valence-electron chi connectivity index (χ0n) is 11.6. The number of carbonyl (C=O) groups is 1. The maximum atomic E-state index is 12.0. The molecule has 2 N–H and O–H groups in total. The normalized spacial score (nSPS) is 18.9. The van der Waals surface area contributed by atoms with Gasteiger partial charge in [0.05, 0.1) is 0 Å². The topological polar surface area (TPSA) is 56.2 Å². The van der Waals surface area contributed by atoms with Crippen LogP contribution in [-0.2, 0) is 0 Å². The fourth-order valence-corrected chi connectivity index (χ4v) is 2.83. The van der Waals surface area contributed by atoms with Crippen LogP contribution < -0.4 is 5.32 Å². The monoisotopic (exact) mass is 267 g/mol. The van der Waals surface area contributed by atoms with Crippen LogP contribution in [0.3, 0.4) is 0 Å². The SMILES string of the molecule is CC(C)N1C(=O)NC(=N)C1c1cccc2ccccc12. The molecule has 2 amide bonds. The van der Waals surface area contributed by atoms with E-state index in [0.29, 0.717) is 0 Å². The molecule has 1 atom stereocenters. The summed E-state index contributed by atoms with van der Waals surface area (Å²) in [6.45, 7) is 3.94. The fraction of sp³-hybridized carbons (Fsp3) is 0.250. The number of rotatable bonds is 2. The van der Waals surface area contributed by atoms with Crippen molar-refractivity contribution in [1.29, 1.82) is 5.41 Å². The molecule has 0 bridgehead atoms. The van der Waals surface area contributed by atoms with Crippen molar-refractivity contribution in [2.24, 2.45) is 0 Å². The number of hydrogen-bond donors (Lipinski definition) is 2. The highest BCUT2D eigenvalue weighted by Gasteiger charge is 2.38. The standard InChI is InChI=1S/C16H17N3O/c1-10(2)19-14(15(17)18-16(19)20)13-9-5-7-11-6-3-4-8-12(11)13/h3-10,14H,1-2H3,(H2,17,18,20). The third-order valence-corrected chi connectivity index (χ3v) is 3.70. The molecule has 4 nitrogen and oxygen atoms in total. The molecular formula is C16H17N3O. The maximum Gasteiger partial charge on any atom is 0.323 e. The third kappa shape index (κ3) is 1.84. The molecular weight excluding hydrogens is 250 g/mol. The minimum Gasteiger partial charge on any atom is -0.308 e. The molecule has 2 aromatic rings. The van der Waals surface area contributed by atoms with Crippen molar-refractivity contribution in [2.45, 2.75) is 25.9 Å². The van der Waals surface area contributed by atoms with Crippen LogP contribution >= 0.6 is 0 Å². The van der Waals surface area contributed by atoms with E-state index in [0.717, 1.165) is 16.3 Å². The van der Waals surface area contributed by atoms with Gasteiger partial charge < -0.3 is 4.90 Å². The number of urea groups is 1. The van der Waals surface area contributed by atoms with Crippen LogP contribution in [0, 0.1) is 5.41 Å². The predicted octanol–water partition coefficient (Wildman–Crippen LogP) is 3.29. The van der Waals surface area contributed by atoms with Crippen LogP contribution in [0.4, 0.5) is 4.79 Å². The molecule has 4 heteroatoms. The van der Waals surface area contributed by atoms with E-state index in [1.54, 1.807) is 4.90 Å². The minimum absolute atomic E-state index is 0.0434. The zero-order valence-corrected chi connectivity index (χ0v) is 11.6. The number of amides is 2. The number of nitrogens with zero attached hydrogens (tertiary/aromatic N) is 1. The summed E-state index contributed by atoms with van der Waals surface area (Å²) < 4.78 is 0. The Hall–Kier alpha value is -2.36. The van der Waals surface area contributed by atoms with Crippen LogP contribution in [0.5, 0.6) is 0 Å². The molecule has 0 radical (unpaired) electrons. The minimum atomic E-state index is -0.325. The molecule has 2 aromatic carbocycles. The number of fused-ring (bicyclic) bond motifs is 1. The molecule has 0 aliphatic carbocycles. The predicted molar refractivity (Wildman–Crippen MR) is 79.9 cm³/mol. The van der Waals surface area contributed by atoms with Crippen molar-refractivity contribution < 1.29 is 4.79 Å². The van der Waals surface area contributed by atoms with Gasteiger partial charge in [0.15, 0.2) is 0 Å². The van der Waals surface area contributed by atoms with Gasteiger partial charge in [0, 0.05) is 6.04 Å². The summed E-state index contributed by atoms with van der Waals surface area (Å²) >= 11 is 0. The third-order valence-electron chi connectivity index (χ3n) is 3.70. The van der Waals surface area contributed by atoms with Gasteiger partial charge >= 0.3 is 6.03 Å². The van der Waals surface area contributed by atoms with E-state index in [1.165, 1.54) is 0 Å². The molecule has 3 rings (SSSR count). The number of hydrogen-bond acceptors (Lipinski definition) is 2. The summed E-state index contributed by atoms with van der Waals surface area (Å²) in [5, 5.41) is 12.9. The molecule has 102 valence electrons. The van der Waals surface area contributed by atoms with Crippen LogP contribution in [0.25, 0.3) is 10.8 Å². The van der Waals surface area contributed by atoms with E-state index < -0.39 is 0 Å². The van der Waals surface area contributed by atoms with E-state index in [2.05, 4.69) is 5.32 Å². The van der Waals surface area contributed by atoms with Gasteiger partial charge in [-0.25, -0.2) is 4.79 Å². The average Bonchev–Trinajstić information content (AvgIpc) is 2.73. The highest BCUT2D eigenvalue weighted by molar-refractivity contribution is 6.07. The number of carbonyl (C=O) groups excluding carboxylic acids is 1. The average molecular weight is 267 g/mol. The van der Waals surface area contributed by atoms with Crippen LogP contribution in [-0.4, -0.2) is 22.8 Å². The lowest BCUT2D eigenvalue weighted by Crippen LogP contribution is -2.35. The number of amidine groups is 1. The van der Waals surface area contributed by atoms with Crippen molar-refractivity contribution in [1.82, 2.24) is 10.2 Å². The first kappa shape index (κ1) is 12.7. The molecule has 1 unspecified atom stereocenters. The molecule has 1 aliphatic heterocycles. The summed E-state index contributed by atoms with van der Waals surface area (Å²) in [6, 6.07) is 13.6. The lowest BCUT2D eigenvalue weighted by atomic mass is 9.97. The first-order valence-electron chi connectivity index (χ1n) is 6.75. The second-order valence-corrected chi connectivity index (χ2v) is 5.32. The Morgan fingerprint density at radius 3 is 2.60 bits per heavy atom. The molecule has 0 aromatic heterocycles. The van der Waals surface area contributed by atoms with Gasteiger partial charge in [-0.15, -0.1) is 0 Å². The summed E-state index contributed by atoms with van der Waals surface area (Å²) in [4.78, 5) is 13.7. The molecule has 20 heavy (non-hydrogen) atoms. The maximum absolute atomic E-state index is 12.0. The van der Waals surface area contributed by atoms with Crippen molar-refractivity contribution in [3.8, 4) is 0 Å². The van der Waals surface area contributed by atoms with Crippen LogP contribution in [0.15, 0.2) is 42.5 Å². The van der Waals surface area contributed by atoms with Gasteiger partial charge in [-0.1, -0.05) is 42.5 Å². The summed E-state index contributed by atoms with van der Waals surface area (Å²) in [5.74, 6) is 0.250. The van der Waals surface area contributed by atoms with E-state index in [-0.39, 0.29) is 24.0 Å². The highest BCUT2D eigenvalue weighted by atomic mass is 16.2. The largest absolute Gasteiger partial charge is 0.323 e. The lowest BCUT2D eigenvalue weighted by molar-refractivity contribution is 0.190. The Kier molecular flexibility index (Phi) is 2.93. The second-order valence-electron chi connectivity index (χ2n) is 5.32. The molecule has 1 aliphatic rings. The Balaban J connectivity index is 2.19. The Morgan fingerprint density at radius 1 is 1.15 bits per heavy atom. The first-order valence-corrected chi connectivity index (χ1v) is 6.75. The number of benzene rings is 2. The Bertz CT molecular complexity index is 688. The lowest BCUT2D eigenvalue weighted by Gasteiger charge is -2.27. The first-order chi connectivity index (χ1) is 9.59. The van der Waals surface area contributed by atoms with Crippen LogP contribution in [0.1, 0.15) is 25.5 Å². The van der Waals surface area contributed by atoms with Gasteiger partial charge in [-0.3, -0.25) is 10.7 Å². The fourth-order valence-electron chi connectivity index (χ4n) is 2.83. The highest BCUT2D eigenvalue weighted by Crippen LogP contribution is 2.32. The van der Waals surface area contributed by atoms with E-state index in [4.69, 9.17) is 5.41 Å². The van der Waals surface area contributed by atoms with E-state index >= 15 is 0 Å². The van der Waals surface area contributed by atoms with Gasteiger partial charge in [-0.2, -0.15) is 0 Å².